The molecule has 16 nitrogen and oxygen atoms in total. The minimum Gasteiger partial charge on any atom is -0.496 e. The molecule has 0 amide bonds. The molecule has 4 heterocycles. The van der Waals surface area contributed by atoms with Crippen LogP contribution in [0.1, 0.15) is 70.4 Å². The summed E-state index contributed by atoms with van der Waals surface area (Å²) in [5, 5.41) is 9.64. The fraction of sp³-hybridized carbons (Fsp3) is 0.421. The van der Waals surface area contributed by atoms with Crippen molar-refractivity contribution < 1.29 is 36.3 Å². The van der Waals surface area contributed by atoms with Gasteiger partial charge in [0, 0.05) is 43.4 Å². The third kappa shape index (κ3) is 11.5. The Morgan fingerprint density at radius 2 is 1.26 bits per heavy atom. The highest BCUT2D eigenvalue weighted by Crippen LogP contribution is 2.27. The number of nitrogens with zero attached hydrogens (tertiary/aromatic N) is 5. The van der Waals surface area contributed by atoms with E-state index >= 15 is 0 Å². The van der Waals surface area contributed by atoms with Crippen molar-refractivity contribution in [3.8, 4) is 11.5 Å². The van der Waals surface area contributed by atoms with Crippen molar-refractivity contribution in [3.63, 3.8) is 0 Å². The van der Waals surface area contributed by atoms with Crippen LogP contribution in [0.2, 0.25) is 0 Å². The normalized spacial score (nSPS) is 15.2. The first-order chi connectivity index (χ1) is 27.8. The Morgan fingerprint density at radius 1 is 0.793 bits per heavy atom. The molecule has 6 rings (SSSR count). The van der Waals surface area contributed by atoms with Crippen molar-refractivity contribution in [2.45, 2.75) is 50.6 Å². The van der Waals surface area contributed by atoms with E-state index in [1.165, 1.54) is 55.2 Å². The van der Waals surface area contributed by atoms with Gasteiger partial charge in [-0.05, 0) is 88.0 Å². The molecule has 4 aromatic rings. The Bertz CT molecular complexity index is 2170. The summed E-state index contributed by atoms with van der Waals surface area (Å²) in [4.78, 5) is 42.2. The number of ether oxygens (including phenoxy) is 2. The minimum absolute atomic E-state index is 0.0214. The number of ketones is 2. The van der Waals surface area contributed by atoms with E-state index in [-0.39, 0.29) is 69.2 Å². The lowest BCUT2D eigenvalue weighted by atomic mass is 10.0. The molecule has 0 unspecified atom stereocenters. The van der Waals surface area contributed by atoms with Crippen LogP contribution in [0.4, 0.5) is 32.3 Å². The van der Waals surface area contributed by atoms with Gasteiger partial charge in [0.15, 0.2) is 0 Å². The summed E-state index contributed by atoms with van der Waals surface area (Å²) < 4.78 is 63.7. The van der Waals surface area contributed by atoms with E-state index < -0.39 is 33.2 Å². The van der Waals surface area contributed by atoms with E-state index in [0.717, 1.165) is 38.1 Å². The molecule has 0 bridgehead atoms. The standard InChI is InChI=1S/C21H27ClFN5O4S.C17H20FN5O2/c1-32-18-5-4-14(23)12-16(18)19(29)17-13-25-21(27-20(17)24)26-15-6-9-28(10-7-15)33(30,31)11-3-2-8-22;1-25-14-3-2-10(18)8-12(14)15(24)13-9-21-17(23-16(13)19)22-11-4-6-20-7-5-11/h4-5,12-13,15H,2-3,6-11H2,1H3,(H3,24,25,26,27);2-3,8-9,11,20H,4-7H2,1H3,(H3,19,21,22,23). The third-order valence-corrected chi connectivity index (χ3v) is 11.8. The average molecular weight is 845 g/mol. The maximum absolute atomic E-state index is 13.6. The second kappa shape index (κ2) is 20.4. The zero-order valence-corrected chi connectivity index (χ0v) is 33.7. The molecule has 312 valence electrons. The first-order valence-corrected chi connectivity index (χ1v) is 20.8. The number of unbranched alkanes of at least 4 members (excludes halogenated alkanes) is 1. The van der Waals surface area contributed by atoms with Crippen LogP contribution in [0, 0.1) is 11.6 Å². The molecule has 0 radical (unpaired) electrons. The highest BCUT2D eigenvalue weighted by Gasteiger charge is 2.28. The molecule has 0 aliphatic carbocycles. The number of anilines is 4. The van der Waals surface area contributed by atoms with Crippen molar-refractivity contribution in [1.29, 1.82) is 0 Å². The number of alkyl halides is 1. The predicted molar refractivity (Wildman–Crippen MR) is 217 cm³/mol. The summed E-state index contributed by atoms with van der Waals surface area (Å²) in [6, 6.07) is 7.59. The zero-order valence-electron chi connectivity index (χ0n) is 32.1. The number of rotatable bonds is 15. The van der Waals surface area contributed by atoms with E-state index in [4.69, 9.17) is 32.5 Å². The lowest BCUT2D eigenvalue weighted by Gasteiger charge is -2.31. The monoisotopic (exact) mass is 844 g/mol. The van der Waals surface area contributed by atoms with Gasteiger partial charge in [0.05, 0.1) is 42.2 Å². The molecule has 20 heteroatoms. The van der Waals surface area contributed by atoms with Gasteiger partial charge < -0.3 is 36.9 Å². The van der Waals surface area contributed by atoms with E-state index in [1.807, 2.05) is 0 Å². The van der Waals surface area contributed by atoms with Crippen LogP contribution in [-0.4, -0.2) is 108 Å². The molecule has 2 fully saturated rings. The van der Waals surface area contributed by atoms with Crippen molar-refractivity contribution in [2.75, 3.05) is 74.1 Å². The predicted octanol–water partition coefficient (Wildman–Crippen LogP) is 4.26. The summed E-state index contributed by atoms with van der Waals surface area (Å²) in [6.07, 6.45) is 6.95. The van der Waals surface area contributed by atoms with Crippen LogP contribution in [0.25, 0.3) is 0 Å². The Morgan fingerprint density at radius 3 is 1.69 bits per heavy atom. The number of piperidine rings is 2. The molecule has 0 saturated carbocycles. The molecule has 0 atom stereocenters. The van der Waals surface area contributed by atoms with Gasteiger partial charge in [-0.3, -0.25) is 9.59 Å². The summed E-state index contributed by atoms with van der Waals surface area (Å²) >= 11 is 5.62. The molecule has 7 N–H and O–H groups in total. The number of sulfonamides is 1. The number of carbonyl (C=O) groups excluding carboxylic acids is 2. The first kappa shape index (κ1) is 43.9. The number of methoxy groups -OCH3 is 2. The van der Waals surface area contributed by atoms with Gasteiger partial charge in [0.2, 0.25) is 33.5 Å². The van der Waals surface area contributed by atoms with Crippen LogP contribution in [0.5, 0.6) is 11.5 Å². The molecule has 58 heavy (non-hydrogen) atoms. The fourth-order valence-electron chi connectivity index (χ4n) is 6.40. The van der Waals surface area contributed by atoms with Gasteiger partial charge in [-0.2, -0.15) is 9.97 Å². The molecule has 2 aromatic heterocycles. The number of hydrogen-bond acceptors (Lipinski definition) is 15. The lowest BCUT2D eigenvalue weighted by molar-refractivity contribution is 0.102. The summed E-state index contributed by atoms with van der Waals surface area (Å²) in [5.41, 5.74) is 12.2. The number of nitrogens with one attached hydrogen (secondary N) is 3. The molecule has 2 aliphatic heterocycles. The largest absolute Gasteiger partial charge is 0.496 e. The Kier molecular flexibility index (Phi) is 15.5. The molecule has 2 saturated heterocycles. The number of nitrogens with two attached hydrogens (primary N) is 2. The molecule has 2 aliphatic rings. The number of carbonyl (C=O) groups is 2. The molecule has 0 spiro atoms. The van der Waals surface area contributed by atoms with Gasteiger partial charge in [0.25, 0.3) is 0 Å². The van der Waals surface area contributed by atoms with E-state index in [0.29, 0.717) is 50.6 Å². The minimum atomic E-state index is -3.29. The smallest absolute Gasteiger partial charge is 0.224 e. The van der Waals surface area contributed by atoms with Gasteiger partial charge >= 0.3 is 0 Å². The van der Waals surface area contributed by atoms with Crippen LogP contribution >= 0.6 is 11.6 Å². The van der Waals surface area contributed by atoms with E-state index in [2.05, 4.69) is 35.9 Å². The number of benzene rings is 2. The maximum Gasteiger partial charge on any atom is 0.224 e. The van der Waals surface area contributed by atoms with E-state index in [9.17, 15) is 26.8 Å². The van der Waals surface area contributed by atoms with Crippen LogP contribution in [-0.2, 0) is 10.0 Å². The summed E-state index contributed by atoms with van der Waals surface area (Å²) in [7, 11) is -0.493. The van der Waals surface area contributed by atoms with Gasteiger partial charge in [-0.1, -0.05) is 0 Å². The molecular formula is C38H47ClF2N10O6S. The van der Waals surface area contributed by atoms with Gasteiger partial charge in [-0.15, -0.1) is 11.6 Å². The number of hydrogen-bond donors (Lipinski definition) is 5. The van der Waals surface area contributed by atoms with Crippen LogP contribution in [0.15, 0.2) is 48.8 Å². The van der Waals surface area contributed by atoms with Crippen LogP contribution < -0.4 is 36.9 Å². The van der Waals surface area contributed by atoms with Crippen molar-refractivity contribution in [1.82, 2.24) is 29.6 Å². The quantitative estimate of drug-likeness (QED) is 0.0640. The third-order valence-electron chi connectivity index (χ3n) is 9.58. The zero-order chi connectivity index (χ0) is 41.8. The highest BCUT2D eigenvalue weighted by molar-refractivity contribution is 7.89. The first-order valence-electron chi connectivity index (χ1n) is 18.6. The maximum atomic E-state index is 13.6. The second-order valence-corrected chi connectivity index (χ2v) is 16.0. The summed E-state index contributed by atoms with van der Waals surface area (Å²) in [5.74, 6) is -0.511. The van der Waals surface area contributed by atoms with Gasteiger partial charge in [0.1, 0.15) is 34.8 Å². The number of halogens is 3. The Hall–Kier alpha value is -5.24. The Balaban J connectivity index is 0.000000229. The average Bonchev–Trinajstić information content (AvgIpc) is 3.21. The van der Waals surface area contributed by atoms with Crippen LogP contribution in [0.3, 0.4) is 0 Å². The number of aromatic nitrogens is 4. The van der Waals surface area contributed by atoms with E-state index in [1.54, 1.807) is 0 Å². The highest BCUT2D eigenvalue weighted by atomic mass is 35.5. The topological polar surface area (TPSA) is 230 Å². The molecular weight excluding hydrogens is 798 g/mol. The SMILES string of the molecule is COc1ccc(F)cc1C(=O)c1cnc(NC2CCN(S(=O)(=O)CCCCCl)CC2)nc1N.COc1ccc(F)cc1C(=O)c1cnc(NC2CCNCC2)nc1N. The Labute approximate surface area is 340 Å². The lowest BCUT2D eigenvalue weighted by Crippen LogP contribution is -2.43. The van der Waals surface area contributed by atoms with Crippen molar-refractivity contribution >= 4 is 56.7 Å². The van der Waals surface area contributed by atoms with Gasteiger partial charge in [-0.25, -0.2) is 31.5 Å². The fourth-order valence-corrected chi connectivity index (χ4v) is 8.19. The number of nitrogen functional groups attached to an aromatic ring is 2. The summed E-state index contributed by atoms with van der Waals surface area (Å²) in [6.45, 7) is 2.66. The van der Waals surface area contributed by atoms with Crippen molar-refractivity contribution in [3.05, 3.63) is 82.7 Å². The molecule has 2 aromatic carbocycles. The van der Waals surface area contributed by atoms with Crippen molar-refractivity contribution in [2.24, 2.45) is 0 Å². The second-order valence-electron chi connectivity index (χ2n) is 13.5.